The highest BCUT2D eigenvalue weighted by atomic mass is 33.1. The fourth-order valence-electron chi connectivity index (χ4n) is 9.00. The van der Waals surface area contributed by atoms with Gasteiger partial charge >= 0.3 is 5.97 Å². The van der Waals surface area contributed by atoms with E-state index in [2.05, 4.69) is 31.0 Å². The number of benzene rings is 3. The highest BCUT2D eigenvalue weighted by molar-refractivity contribution is 8.77. The quantitative estimate of drug-likeness (QED) is 0.0339. The first-order chi connectivity index (χ1) is 35.6. The number of fused-ring (bicyclic) bond motifs is 1. The number of rotatable bonds is 21. The van der Waals surface area contributed by atoms with Crippen molar-refractivity contribution >= 4 is 80.1 Å². The topological polar surface area (TPSA) is 218 Å². The Balaban J connectivity index is 0.689. The average molecular weight is 1050 g/mol. The van der Waals surface area contributed by atoms with E-state index in [1.807, 2.05) is 49.9 Å². The Morgan fingerprint density at radius 1 is 0.932 bits per heavy atom. The summed E-state index contributed by atoms with van der Waals surface area (Å²) in [6, 6.07) is 20.7. The molecule has 6 amide bonds. The second kappa shape index (κ2) is 24.4. The van der Waals surface area contributed by atoms with E-state index in [1.54, 1.807) is 76.4 Å². The third-order valence-corrected chi connectivity index (χ3v) is 16.4. The van der Waals surface area contributed by atoms with Crippen molar-refractivity contribution in [2.45, 2.75) is 82.9 Å². The van der Waals surface area contributed by atoms with Crippen LogP contribution < -0.4 is 30.4 Å². The van der Waals surface area contributed by atoms with Gasteiger partial charge in [0.15, 0.2) is 0 Å². The van der Waals surface area contributed by atoms with Crippen LogP contribution in [-0.2, 0) is 40.1 Å². The number of halogens is 1. The summed E-state index contributed by atoms with van der Waals surface area (Å²) >= 11 is 0. The Morgan fingerprint density at radius 3 is 2.43 bits per heavy atom. The molecule has 21 heteroatoms. The van der Waals surface area contributed by atoms with Crippen molar-refractivity contribution in [2.75, 3.05) is 55.4 Å². The number of imide groups is 1. The molecular weight excluding hydrogens is 992 g/mol. The minimum absolute atomic E-state index is 0.0248. The SMILES string of the molecule is C[C@H]1[C@H](C(=O)Nc2ccc(CNC(=O)c3ccc(N4CCN(C(=O)CCSSC(C)(C)CC(=O)N/N=C5\CCOc6cc(OCCCC(=O)ON7C(=O)CCC7=O)ccc65)CC4)cc3)c(F)c2)[C@H]1c1cccnc1. The van der Waals surface area contributed by atoms with Gasteiger partial charge < -0.3 is 34.7 Å². The van der Waals surface area contributed by atoms with Gasteiger partial charge in [0.1, 0.15) is 17.3 Å². The van der Waals surface area contributed by atoms with E-state index >= 15 is 4.39 Å². The van der Waals surface area contributed by atoms with Crippen LogP contribution in [0.15, 0.2) is 90.3 Å². The molecule has 3 aliphatic heterocycles. The zero-order valence-electron chi connectivity index (χ0n) is 41.4. The zero-order valence-corrected chi connectivity index (χ0v) is 43.1. The van der Waals surface area contributed by atoms with Crippen LogP contribution in [0, 0.1) is 17.7 Å². The number of hydroxylamine groups is 2. The number of hydrogen-bond donors (Lipinski definition) is 3. The van der Waals surface area contributed by atoms with Gasteiger partial charge in [-0.05, 0) is 86.3 Å². The van der Waals surface area contributed by atoms with Gasteiger partial charge in [0.2, 0.25) is 17.7 Å². The summed E-state index contributed by atoms with van der Waals surface area (Å²) in [5, 5.41) is 10.6. The molecule has 3 N–H and O–H groups in total. The Morgan fingerprint density at radius 2 is 1.70 bits per heavy atom. The van der Waals surface area contributed by atoms with Crippen molar-refractivity contribution < 1.29 is 52.3 Å². The third-order valence-electron chi connectivity index (χ3n) is 13.1. The maximum Gasteiger partial charge on any atom is 0.333 e. The average Bonchev–Trinajstić information content (AvgIpc) is 3.98. The molecule has 0 spiro atoms. The van der Waals surface area contributed by atoms with E-state index < -0.39 is 28.3 Å². The molecule has 74 heavy (non-hydrogen) atoms. The van der Waals surface area contributed by atoms with E-state index in [9.17, 15) is 33.6 Å². The number of hydrogen-bond acceptors (Lipinski definition) is 15. The first-order valence-electron chi connectivity index (χ1n) is 24.7. The number of carbonyl (C=O) groups excluding carboxylic acids is 7. The lowest BCUT2D eigenvalue weighted by atomic mass is 10.0. The van der Waals surface area contributed by atoms with Gasteiger partial charge in [-0.2, -0.15) is 5.10 Å². The van der Waals surface area contributed by atoms with E-state index in [4.69, 9.17) is 14.3 Å². The van der Waals surface area contributed by atoms with Crippen LogP contribution in [-0.4, -0.2) is 112 Å². The number of pyridine rings is 1. The fourth-order valence-corrected chi connectivity index (χ4v) is 11.5. The summed E-state index contributed by atoms with van der Waals surface area (Å²) in [6.45, 7) is 8.88. The van der Waals surface area contributed by atoms with Crippen molar-refractivity contribution in [3.8, 4) is 11.5 Å². The smallest absolute Gasteiger partial charge is 0.333 e. The summed E-state index contributed by atoms with van der Waals surface area (Å²) in [6.07, 6.45) is 4.84. The first kappa shape index (κ1) is 53.3. The maximum atomic E-state index is 15.1. The minimum Gasteiger partial charge on any atom is -0.493 e. The van der Waals surface area contributed by atoms with Crippen LogP contribution >= 0.6 is 21.6 Å². The molecule has 390 valence electrons. The Kier molecular flexibility index (Phi) is 17.5. The summed E-state index contributed by atoms with van der Waals surface area (Å²) < 4.78 is 26.2. The number of anilines is 2. The number of carbonyl (C=O) groups is 7. The lowest BCUT2D eigenvalue weighted by Crippen LogP contribution is -2.48. The maximum absolute atomic E-state index is 15.1. The molecule has 3 atom stereocenters. The Labute approximate surface area is 436 Å². The van der Waals surface area contributed by atoms with Gasteiger partial charge in [-0.25, -0.2) is 14.6 Å². The molecule has 0 radical (unpaired) electrons. The van der Waals surface area contributed by atoms with Crippen LogP contribution in [0.25, 0.3) is 0 Å². The van der Waals surface area contributed by atoms with Crippen LogP contribution in [0.4, 0.5) is 15.8 Å². The lowest BCUT2D eigenvalue weighted by Gasteiger charge is -2.36. The molecule has 18 nitrogen and oxygen atoms in total. The molecule has 3 fully saturated rings. The largest absolute Gasteiger partial charge is 0.493 e. The molecule has 3 aromatic carbocycles. The number of piperazine rings is 1. The second-order valence-corrected chi connectivity index (χ2v) is 22.2. The van der Waals surface area contributed by atoms with Gasteiger partial charge in [-0.3, -0.25) is 33.8 Å². The van der Waals surface area contributed by atoms with Gasteiger partial charge in [-0.15, -0.1) is 5.06 Å². The molecule has 0 bridgehead atoms. The summed E-state index contributed by atoms with van der Waals surface area (Å²) in [5.74, 6) is -1.29. The molecule has 8 rings (SSSR count). The van der Waals surface area contributed by atoms with Crippen LogP contribution in [0.5, 0.6) is 11.5 Å². The minimum atomic E-state index is -0.693. The molecule has 4 aromatic rings. The fraction of sp³-hybridized carbons (Fsp3) is 0.415. The molecule has 0 unspecified atom stereocenters. The van der Waals surface area contributed by atoms with E-state index in [1.165, 1.54) is 6.07 Å². The highest BCUT2D eigenvalue weighted by Gasteiger charge is 2.52. The number of nitrogens with zero attached hydrogens (tertiary/aromatic N) is 5. The summed E-state index contributed by atoms with van der Waals surface area (Å²) in [4.78, 5) is 101. The summed E-state index contributed by atoms with van der Waals surface area (Å²) in [7, 11) is 3.11. The number of aromatic nitrogens is 1. The molecule has 1 aliphatic carbocycles. The van der Waals surface area contributed by atoms with Crippen LogP contribution in [0.2, 0.25) is 0 Å². The molecule has 1 aromatic heterocycles. The zero-order chi connectivity index (χ0) is 52.4. The Hall–Kier alpha value is -7.00. The lowest BCUT2D eigenvalue weighted by molar-refractivity contribution is -0.197. The first-order valence-corrected chi connectivity index (χ1v) is 27.0. The van der Waals surface area contributed by atoms with E-state index in [0.29, 0.717) is 96.9 Å². The van der Waals surface area contributed by atoms with Crippen molar-refractivity contribution in [3.05, 3.63) is 113 Å². The van der Waals surface area contributed by atoms with Gasteiger partial charge in [0, 0.05) is 134 Å². The van der Waals surface area contributed by atoms with Crippen molar-refractivity contribution in [2.24, 2.45) is 16.9 Å². The van der Waals surface area contributed by atoms with Gasteiger partial charge in [0.25, 0.3) is 17.7 Å². The number of amides is 6. The second-order valence-electron chi connectivity index (χ2n) is 19.0. The van der Waals surface area contributed by atoms with Crippen molar-refractivity contribution in [3.63, 3.8) is 0 Å². The number of nitrogens with one attached hydrogen (secondary N) is 3. The number of hydrazone groups is 1. The van der Waals surface area contributed by atoms with Crippen molar-refractivity contribution in [1.82, 2.24) is 25.7 Å². The van der Waals surface area contributed by atoms with Gasteiger partial charge in [-0.1, -0.05) is 40.6 Å². The number of ether oxygens (including phenoxy) is 2. The normalized spacial score (nSPS) is 18.8. The molecule has 4 heterocycles. The molecule has 4 aliphatic rings. The van der Waals surface area contributed by atoms with E-state index in [0.717, 1.165) is 16.8 Å². The molecular formula is C53H59FN8O10S2. The van der Waals surface area contributed by atoms with Gasteiger partial charge in [0.05, 0.1) is 25.3 Å². The van der Waals surface area contributed by atoms with Crippen LogP contribution in [0.1, 0.15) is 98.7 Å². The highest BCUT2D eigenvalue weighted by Crippen LogP contribution is 2.54. The van der Waals surface area contributed by atoms with E-state index in [-0.39, 0.29) is 80.2 Å². The third kappa shape index (κ3) is 14.0. The predicted octanol–water partition coefficient (Wildman–Crippen LogP) is 6.80. The monoisotopic (exact) mass is 1050 g/mol. The van der Waals surface area contributed by atoms with Crippen LogP contribution in [0.3, 0.4) is 0 Å². The molecule has 2 saturated heterocycles. The molecule has 1 saturated carbocycles. The summed E-state index contributed by atoms with van der Waals surface area (Å²) in [5.41, 5.74) is 7.10. The van der Waals surface area contributed by atoms with Crippen molar-refractivity contribution in [1.29, 1.82) is 0 Å². The Bertz CT molecular complexity index is 2760. The standard InChI is InChI=1S/C53H59FN8O10S2/c1-33-49(36-6-4-20-55-31-36)50(33)52(69)57-37-11-8-35(41(54)28-37)32-56-51(68)34-9-12-38(13-10-34)60-21-23-61(24-22-60)45(64)19-27-73-74-53(2,3)30-44(63)59-58-42-18-26-71-43-29-39(14-15-40(42)43)70-25-5-7-48(67)72-62-46(65)16-17-47(62)66/h4,6,8-15,20,28-29,31,33,49-50H,5,7,16-19,21-27,30,32H2,1-3H3,(H,56,68)(H,57,69)(H,59,63)/b58-42+/t33-,49-,50+/m1/s1. The predicted molar refractivity (Wildman–Crippen MR) is 278 cm³/mol.